The molecule has 0 aliphatic heterocycles. The summed E-state index contributed by atoms with van der Waals surface area (Å²) in [6.07, 6.45) is 0. The van der Waals surface area contributed by atoms with Gasteiger partial charge in [0.1, 0.15) is 4.21 Å². The maximum absolute atomic E-state index is 12.8. The molecule has 0 atom stereocenters. The van der Waals surface area contributed by atoms with Gasteiger partial charge in [-0.15, -0.1) is 11.3 Å². The first-order valence-corrected chi connectivity index (χ1v) is 12.6. The second-order valence-electron chi connectivity index (χ2n) is 6.68. The van der Waals surface area contributed by atoms with E-state index in [1.165, 1.54) is 17.4 Å². The summed E-state index contributed by atoms with van der Waals surface area (Å²) in [6.45, 7) is 1.71. The Kier molecular flexibility index (Phi) is 6.30. The molecule has 1 aromatic heterocycles. The van der Waals surface area contributed by atoms with Gasteiger partial charge in [-0.25, -0.2) is 26.3 Å². The largest absolute Gasteiger partial charge is 0.377 e. The predicted octanol–water partition coefficient (Wildman–Crippen LogP) is 2.53. The maximum atomic E-state index is 12.8. The Morgan fingerprint density at radius 2 is 1.45 bits per heavy atom. The summed E-state index contributed by atoms with van der Waals surface area (Å²) in [4.78, 5) is 2.97. The van der Waals surface area contributed by atoms with Crippen molar-refractivity contribution in [2.45, 2.75) is 16.0 Å². The molecule has 3 rings (SSSR count). The number of aryl methyl sites for hydroxylation is 1. The molecule has 7 nitrogen and oxygen atoms in total. The molecule has 1 heterocycles. The summed E-state index contributed by atoms with van der Waals surface area (Å²) < 4.78 is 55.2. The first-order chi connectivity index (χ1) is 13.6. The zero-order chi connectivity index (χ0) is 21.2. The fourth-order valence-electron chi connectivity index (χ4n) is 2.97. The van der Waals surface area contributed by atoms with E-state index in [0.717, 1.165) is 16.0 Å². The minimum Gasteiger partial charge on any atom is -0.377 e. The van der Waals surface area contributed by atoms with Crippen LogP contribution in [0.2, 0.25) is 0 Å². The quantitative estimate of drug-likeness (QED) is 0.511. The van der Waals surface area contributed by atoms with Gasteiger partial charge in [0.15, 0.2) is 0 Å². The van der Waals surface area contributed by atoms with Crippen LogP contribution in [0, 0.1) is 6.92 Å². The topological polar surface area (TPSA) is 95.6 Å². The van der Waals surface area contributed by atoms with Crippen molar-refractivity contribution < 1.29 is 16.8 Å². The van der Waals surface area contributed by atoms with Crippen LogP contribution in [0.25, 0.3) is 10.8 Å². The number of hydrogen-bond acceptors (Lipinski definition) is 6. The standard InChI is InChI=1S/C19H23N3O4S3/c1-14-10-11-19(27-14)29(25,26)21-13-12-20-28(23,24)18-9-5-6-15-16(18)7-4-8-17(15)22(2)3/h4-11,20-21H,12-13H2,1-3H3. The minimum atomic E-state index is -3.81. The first kappa shape index (κ1) is 21.7. The second kappa shape index (κ2) is 8.41. The van der Waals surface area contributed by atoms with E-state index in [1.807, 2.05) is 44.1 Å². The smallest absolute Gasteiger partial charge is 0.250 e. The van der Waals surface area contributed by atoms with E-state index in [0.29, 0.717) is 5.39 Å². The summed E-state index contributed by atoms with van der Waals surface area (Å²) in [5.41, 5.74) is 0.915. The number of nitrogens with zero attached hydrogens (tertiary/aromatic N) is 1. The zero-order valence-corrected chi connectivity index (χ0v) is 18.8. The Morgan fingerprint density at radius 1 is 0.828 bits per heavy atom. The lowest BCUT2D eigenvalue weighted by molar-refractivity contribution is 0.572. The highest BCUT2D eigenvalue weighted by Crippen LogP contribution is 2.30. The number of rotatable bonds is 8. The number of benzene rings is 2. The third kappa shape index (κ3) is 4.78. The number of sulfonamides is 2. The van der Waals surface area contributed by atoms with E-state index in [2.05, 4.69) is 9.44 Å². The van der Waals surface area contributed by atoms with Crippen LogP contribution in [0.1, 0.15) is 4.88 Å². The normalized spacial score (nSPS) is 12.4. The third-order valence-corrected chi connectivity index (χ3v) is 8.79. The van der Waals surface area contributed by atoms with Gasteiger partial charge in [0.25, 0.3) is 0 Å². The number of nitrogens with one attached hydrogen (secondary N) is 2. The van der Waals surface area contributed by atoms with E-state index in [4.69, 9.17) is 0 Å². The van der Waals surface area contributed by atoms with Crippen molar-refractivity contribution in [3.05, 3.63) is 53.4 Å². The Morgan fingerprint density at radius 3 is 2.07 bits per heavy atom. The van der Waals surface area contributed by atoms with Crippen molar-refractivity contribution >= 4 is 47.8 Å². The van der Waals surface area contributed by atoms with E-state index < -0.39 is 20.0 Å². The summed E-state index contributed by atoms with van der Waals surface area (Å²) in [6, 6.07) is 13.9. The monoisotopic (exact) mass is 453 g/mol. The number of thiophene rings is 1. The molecule has 156 valence electrons. The van der Waals surface area contributed by atoms with Gasteiger partial charge in [-0.1, -0.05) is 24.3 Å². The Balaban J connectivity index is 1.74. The second-order valence-corrected chi connectivity index (χ2v) is 11.7. The van der Waals surface area contributed by atoms with Gasteiger partial charge in [0, 0.05) is 48.5 Å². The van der Waals surface area contributed by atoms with Crippen molar-refractivity contribution in [1.82, 2.24) is 9.44 Å². The molecule has 0 fully saturated rings. The first-order valence-electron chi connectivity index (χ1n) is 8.87. The van der Waals surface area contributed by atoms with Gasteiger partial charge in [-0.3, -0.25) is 0 Å². The Labute approximate surface area is 175 Å². The molecule has 0 saturated heterocycles. The van der Waals surface area contributed by atoms with E-state index in [9.17, 15) is 16.8 Å². The fourth-order valence-corrected chi connectivity index (χ4v) is 6.58. The number of hydrogen-bond donors (Lipinski definition) is 2. The van der Waals surface area contributed by atoms with Gasteiger partial charge >= 0.3 is 0 Å². The molecular weight excluding hydrogens is 430 g/mol. The summed E-state index contributed by atoms with van der Waals surface area (Å²) >= 11 is 1.17. The van der Waals surface area contributed by atoms with Crippen LogP contribution >= 0.6 is 11.3 Å². The molecule has 10 heteroatoms. The van der Waals surface area contributed by atoms with E-state index in [1.54, 1.807) is 24.3 Å². The molecule has 0 radical (unpaired) electrons. The van der Waals surface area contributed by atoms with Crippen molar-refractivity contribution in [3.8, 4) is 0 Å². The lowest BCUT2D eigenvalue weighted by Crippen LogP contribution is -2.34. The van der Waals surface area contributed by atoms with E-state index >= 15 is 0 Å². The predicted molar refractivity (Wildman–Crippen MR) is 118 cm³/mol. The molecule has 0 bridgehead atoms. The summed E-state index contributed by atoms with van der Waals surface area (Å²) in [5, 5.41) is 1.44. The van der Waals surface area contributed by atoms with Crippen LogP contribution in [0.4, 0.5) is 5.69 Å². The van der Waals surface area contributed by atoms with Crippen LogP contribution in [0.3, 0.4) is 0 Å². The summed E-state index contributed by atoms with van der Waals surface area (Å²) in [7, 11) is -3.66. The Hall–Kier alpha value is -1.98. The van der Waals surface area contributed by atoms with Crippen LogP contribution in [-0.2, 0) is 20.0 Å². The molecule has 0 spiro atoms. The summed E-state index contributed by atoms with van der Waals surface area (Å²) in [5.74, 6) is 0. The van der Waals surface area contributed by atoms with Crippen molar-refractivity contribution in [2.75, 3.05) is 32.1 Å². The van der Waals surface area contributed by atoms with Gasteiger partial charge in [0.05, 0.1) is 4.90 Å². The molecule has 3 aromatic rings. The average molecular weight is 454 g/mol. The highest BCUT2D eigenvalue weighted by Gasteiger charge is 2.19. The molecule has 0 aliphatic carbocycles. The molecule has 2 aromatic carbocycles. The van der Waals surface area contributed by atoms with Gasteiger partial charge in [-0.05, 0) is 31.2 Å². The van der Waals surface area contributed by atoms with Crippen LogP contribution < -0.4 is 14.3 Å². The number of anilines is 1. The maximum Gasteiger partial charge on any atom is 0.250 e. The average Bonchev–Trinajstić information content (AvgIpc) is 3.11. The SMILES string of the molecule is Cc1ccc(S(=O)(=O)NCCNS(=O)(=O)c2cccc3c(N(C)C)cccc23)s1. The van der Waals surface area contributed by atoms with Crippen molar-refractivity contribution in [3.63, 3.8) is 0 Å². The molecule has 2 N–H and O–H groups in total. The van der Waals surface area contributed by atoms with Gasteiger partial charge in [0.2, 0.25) is 20.0 Å². The molecule has 0 amide bonds. The molecule has 0 unspecified atom stereocenters. The minimum absolute atomic E-state index is 0.0494. The van der Waals surface area contributed by atoms with Gasteiger partial charge < -0.3 is 4.90 Å². The fraction of sp³-hybridized carbons (Fsp3) is 0.263. The van der Waals surface area contributed by atoms with Gasteiger partial charge in [-0.2, -0.15) is 0 Å². The Bertz CT molecular complexity index is 1230. The lowest BCUT2D eigenvalue weighted by atomic mass is 10.1. The molecule has 0 aliphatic rings. The van der Waals surface area contributed by atoms with Crippen LogP contribution in [0.5, 0.6) is 0 Å². The van der Waals surface area contributed by atoms with Crippen LogP contribution in [-0.4, -0.2) is 44.0 Å². The third-order valence-electron chi connectivity index (χ3n) is 4.32. The lowest BCUT2D eigenvalue weighted by Gasteiger charge is -2.17. The van der Waals surface area contributed by atoms with Crippen molar-refractivity contribution in [2.24, 2.45) is 0 Å². The van der Waals surface area contributed by atoms with Crippen LogP contribution in [0.15, 0.2) is 57.6 Å². The van der Waals surface area contributed by atoms with E-state index in [-0.39, 0.29) is 22.2 Å². The zero-order valence-electron chi connectivity index (χ0n) is 16.3. The highest BCUT2D eigenvalue weighted by atomic mass is 32.2. The molecule has 29 heavy (non-hydrogen) atoms. The van der Waals surface area contributed by atoms with Crippen molar-refractivity contribution in [1.29, 1.82) is 0 Å². The number of fused-ring (bicyclic) bond motifs is 1. The molecular formula is C19H23N3O4S3. The highest BCUT2D eigenvalue weighted by molar-refractivity contribution is 7.91. The molecule has 0 saturated carbocycles.